The summed E-state index contributed by atoms with van der Waals surface area (Å²) in [6.07, 6.45) is 0. The number of carbonyl (C=O) groups is 2. The zero-order chi connectivity index (χ0) is 21.5. The fraction of sp³-hybridized carbons (Fsp3) is 0.130. The first-order valence-electron chi connectivity index (χ1n) is 9.34. The van der Waals surface area contributed by atoms with E-state index in [1.54, 1.807) is 49.4 Å². The molecule has 3 rings (SSSR count). The maximum absolute atomic E-state index is 12.9. The van der Waals surface area contributed by atoms with Crippen molar-refractivity contribution in [3.05, 3.63) is 88.4 Å². The summed E-state index contributed by atoms with van der Waals surface area (Å²) in [7, 11) is 0. The van der Waals surface area contributed by atoms with Crippen molar-refractivity contribution in [3.63, 3.8) is 0 Å². The highest BCUT2D eigenvalue weighted by Gasteiger charge is 2.19. The van der Waals surface area contributed by atoms with Crippen LogP contribution in [0.1, 0.15) is 17.3 Å². The van der Waals surface area contributed by atoms with Crippen molar-refractivity contribution in [1.29, 1.82) is 0 Å². The van der Waals surface area contributed by atoms with Crippen molar-refractivity contribution in [2.24, 2.45) is 0 Å². The van der Waals surface area contributed by atoms with Gasteiger partial charge >= 0.3 is 0 Å². The van der Waals surface area contributed by atoms with Gasteiger partial charge in [0, 0.05) is 12.1 Å². The Bertz CT molecular complexity index is 1020. The number of likely N-dealkylation sites (N-methyl/N-ethyl adjacent to an activating group) is 1. The quantitative estimate of drug-likeness (QED) is 0.496. The second kappa shape index (κ2) is 10.1. The van der Waals surface area contributed by atoms with E-state index in [4.69, 9.17) is 27.9 Å². The van der Waals surface area contributed by atoms with E-state index in [0.717, 1.165) is 0 Å². The Morgan fingerprint density at radius 2 is 1.53 bits per heavy atom. The first-order chi connectivity index (χ1) is 14.5. The normalized spacial score (nSPS) is 10.4. The Labute approximate surface area is 185 Å². The van der Waals surface area contributed by atoms with Crippen LogP contribution in [-0.4, -0.2) is 29.8 Å². The van der Waals surface area contributed by atoms with Crippen LogP contribution in [0.3, 0.4) is 0 Å². The zero-order valence-electron chi connectivity index (χ0n) is 16.3. The van der Waals surface area contributed by atoms with E-state index >= 15 is 0 Å². The molecule has 0 bridgehead atoms. The van der Waals surface area contributed by atoms with Crippen molar-refractivity contribution < 1.29 is 14.3 Å². The van der Waals surface area contributed by atoms with E-state index in [1.807, 2.05) is 30.3 Å². The van der Waals surface area contributed by atoms with Gasteiger partial charge < -0.3 is 15.0 Å². The highest BCUT2D eigenvalue weighted by molar-refractivity contribution is 6.39. The minimum atomic E-state index is -0.392. The predicted molar refractivity (Wildman–Crippen MR) is 120 cm³/mol. The lowest BCUT2D eigenvalue weighted by molar-refractivity contribution is -0.116. The first-order valence-corrected chi connectivity index (χ1v) is 10.1. The van der Waals surface area contributed by atoms with Gasteiger partial charge in [0.05, 0.1) is 15.7 Å². The fourth-order valence-corrected chi connectivity index (χ4v) is 3.29. The third kappa shape index (κ3) is 5.53. The summed E-state index contributed by atoms with van der Waals surface area (Å²) < 4.78 is 5.79. The molecule has 0 heterocycles. The van der Waals surface area contributed by atoms with Crippen LogP contribution in [-0.2, 0) is 4.79 Å². The van der Waals surface area contributed by atoms with Gasteiger partial charge in [0.1, 0.15) is 18.0 Å². The van der Waals surface area contributed by atoms with Crippen LogP contribution in [0.2, 0.25) is 10.0 Å². The minimum Gasteiger partial charge on any atom is -0.457 e. The van der Waals surface area contributed by atoms with Gasteiger partial charge in [-0.3, -0.25) is 9.59 Å². The lowest BCUT2D eigenvalue weighted by Gasteiger charge is -2.21. The van der Waals surface area contributed by atoms with Crippen molar-refractivity contribution in [2.75, 3.05) is 18.4 Å². The second-order valence-electron chi connectivity index (χ2n) is 6.41. The van der Waals surface area contributed by atoms with Crippen LogP contribution in [0.5, 0.6) is 11.5 Å². The average molecular weight is 443 g/mol. The number of halogens is 2. The Morgan fingerprint density at radius 1 is 0.900 bits per heavy atom. The summed E-state index contributed by atoms with van der Waals surface area (Å²) in [5, 5.41) is 3.33. The number of para-hydroxylation sites is 2. The van der Waals surface area contributed by atoms with Crippen LogP contribution in [0.25, 0.3) is 0 Å². The Morgan fingerprint density at radius 3 is 2.20 bits per heavy atom. The molecule has 0 aromatic heterocycles. The molecule has 1 N–H and O–H groups in total. The molecule has 0 aliphatic heterocycles. The molecule has 154 valence electrons. The summed E-state index contributed by atoms with van der Waals surface area (Å²) in [4.78, 5) is 26.9. The Kier molecular flexibility index (Phi) is 7.33. The molecule has 0 saturated carbocycles. The largest absolute Gasteiger partial charge is 0.457 e. The zero-order valence-corrected chi connectivity index (χ0v) is 17.8. The van der Waals surface area contributed by atoms with E-state index < -0.39 is 5.91 Å². The number of ether oxygens (including phenoxy) is 1. The number of anilines is 1. The van der Waals surface area contributed by atoms with E-state index in [-0.39, 0.29) is 12.5 Å². The number of carbonyl (C=O) groups excluding carboxylic acids is 2. The van der Waals surface area contributed by atoms with Crippen LogP contribution < -0.4 is 10.1 Å². The van der Waals surface area contributed by atoms with Crippen LogP contribution in [0.15, 0.2) is 72.8 Å². The molecular weight excluding hydrogens is 423 g/mol. The van der Waals surface area contributed by atoms with Crippen LogP contribution in [0.4, 0.5) is 5.69 Å². The molecule has 0 fully saturated rings. The lowest BCUT2D eigenvalue weighted by Crippen LogP contribution is -2.37. The molecule has 30 heavy (non-hydrogen) atoms. The van der Waals surface area contributed by atoms with Gasteiger partial charge in [0.15, 0.2) is 0 Å². The summed E-state index contributed by atoms with van der Waals surface area (Å²) in [5.74, 6) is 0.536. The molecule has 0 spiro atoms. The average Bonchev–Trinajstić information content (AvgIpc) is 2.75. The molecular formula is C23H20Cl2N2O3. The van der Waals surface area contributed by atoms with Gasteiger partial charge in [0.2, 0.25) is 5.91 Å². The number of hydrogen-bond donors (Lipinski definition) is 1. The Balaban J connectivity index is 1.70. The van der Waals surface area contributed by atoms with Gasteiger partial charge in [-0.25, -0.2) is 0 Å². The van der Waals surface area contributed by atoms with Gasteiger partial charge in [0.25, 0.3) is 5.91 Å². The Hall–Kier alpha value is -3.02. The molecule has 0 radical (unpaired) electrons. The van der Waals surface area contributed by atoms with Gasteiger partial charge in [-0.2, -0.15) is 0 Å². The minimum absolute atomic E-state index is 0.138. The number of nitrogens with zero attached hydrogens (tertiary/aromatic N) is 1. The fourth-order valence-electron chi connectivity index (χ4n) is 2.80. The molecule has 5 nitrogen and oxygen atoms in total. The summed E-state index contributed by atoms with van der Waals surface area (Å²) in [6.45, 7) is 2.02. The van der Waals surface area contributed by atoms with E-state index in [1.165, 1.54) is 4.90 Å². The van der Waals surface area contributed by atoms with Crippen molar-refractivity contribution >= 4 is 40.7 Å². The second-order valence-corrected chi connectivity index (χ2v) is 7.22. The number of rotatable bonds is 7. The lowest BCUT2D eigenvalue weighted by atomic mass is 10.2. The third-order valence-corrected chi connectivity index (χ3v) is 4.92. The number of hydrogen-bond acceptors (Lipinski definition) is 3. The highest BCUT2D eigenvalue weighted by atomic mass is 35.5. The predicted octanol–water partition coefficient (Wildman–Crippen LogP) is 5.89. The molecule has 0 aliphatic rings. The molecule has 0 aliphatic carbocycles. The smallest absolute Gasteiger partial charge is 0.254 e. The highest BCUT2D eigenvalue weighted by Crippen LogP contribution is 2.29. The van der Waals surface area contributed by atoms with Crippen molar-refractivity contribution in [3.8, 4) is 11.5 Å². The van der Waals surface area contributed by atoms with Crippen LogP contribution >= 0.6 is 23.2 Å². The maximum atomic E-state index is 12.9. The molecule has 0 atom stereocenters. The van der Waals surface area contributed by atoms with Gasteiger partial charge in [-0.1, -0.05) is 53.5 Å². The molecule has 2 amide bonds. The van der Waals surface area contributed by atoms with Crippen LogP contribution in [0, 0.1) is 0 Å². The van der Waals surface area contributed by atoms with Gasteiger partial charge in [-0.15, -0.1) is 0 Å². The SMILES string of the molecule is CCN(CC(=O)Nc1c(Cl)cccc1Cl)C(=O)c1cccc(Oc2ccccc2)c1. The van der Waals surface area contributed by atoms with E-state index in [0.29, 0.717) is 39.3 Å². The van der Waals surface area contributed by atoms with Crippen molar-refractivity contribution in [1.82, 2.24) is 4.90 Å². The number of benzene rings is 3. The van der Waals surface area contributed by atoms with Gasteiger partial charge in [-0.05, 0) is 49.4 Å². The summed E-state index contributed by atoms with van der Waals surface area (Å²) >= 11 is 12.2. The first kappa shape index (κ1) is 21.7. The number of amides is 2. The summed E-state index contributed by atoms with van der Waals surface area (Å²) in [5.41, 5.74) is 0.751. The van der Waals surface area contributed by atoms with Crippen molar-refractivity contribution in [2.45, 2.75) is 6.92 Å². The molecule has 0 unspecified atom stereocenters. The standard InChI is InChI=1S/C23H20Cl2N2O3/c1-2-27(15-21(28)26-22-19(24)12-7-13-20(22)25)23(29)16-8-6-11-18(14-16)30-17-9-4-3-5-10-17/h3-14H,2,15H2,1H3,(H,26,28). The number of nitrogens with one attached hydrogen (secondary N) is 1. The molecule has 3 aromatic carbocycles. The maximum Gasteiger partial charge on any atom is 0.254 e. The third-order valence-electron chi connectivity index (χ3n) is 4.29. The molecule has 0 saturated heterocycles. The molecule has 3 aromatic rings. The monoisotopic (exact) mass is 442 g/mol. The van der Waals surface area contributed by atoms with E-state index in [2.05, 4.69) is 5.32 Å². The van der Waals surface area contributed by atoms with E-state index in [9.17, 15) is 9.59 Å². The molecule has 7 heteroatoms. The topological polar surface area (TPSA) is 58.6 Å². The summed E-state index contributed by atoms with van der Waals surface area (Å²) in [6, 6.07) is 21.1.